The lowest BCUT2D eigenvalue weighted by Gasteiger charge is -2.06. The lowest BCUT2D eigenvalue weighted by molar-refractivity contribution is 0.583. The van der Waals surface area contributed by atoms with Gasteiger partial charge in [-0.2, -0.15) is 5.10 Å². The van der Waals surface area contributed by atoms with E-state index >= 15 is 0 Å². The number of nitrogens with zero attached hydrogens (tertiary/aromatic N) is 2. The largest absolute Gasteiger partial charge is 0.398 e. The molecule has 0 fully saturated rings. The fraction of sp³-hybridized carbons (Fsp3) is 0.357. The van der Waals surface area contributed by atoms with E-state index in [4.69, 9.17) is 17.3 Å². The fourth-order valence-corrected chi connectivity index (χ4v) is 2.36. The van der Waals surface area contributed by atoms with Crippen molar-refractivity contribution in [3.63, 3.8) is 0 Å². The molecule has 2 rings (SSSR count). The molecule has 0 amide bonds. The van der Waals surface area contributed by atoms with Gasteiger partial charge in [0.2, 0.25) is 0 Å². The molecule has 0 unspecified atom stereocenters. The number of benzene rings is 1. The van der Waals surface area contributed by atoms with Gasteiger partial charge in [0.25, 0.3) is 0 Å². The fourth-order valence-electron chi connectivity index (χ4n) is 2.24. The van der Waals surface area contributed by atoms with Crippen LogP contribution in [-0.2, 0) is 6.54 Å². The number of aromatic nitrogens is 2. The molecule has 0 saturated carbocycles. The summed E-state index contributed by atoms with van der Waals surface area (Å²) in [4.78, 5) is 0. The van der Waals surface area contributed by atoms with Gasteiger partial charge in [-0.25, -0.2) is 0 Å². The molecule has 2 N–H and O–H groups in total. The highest BCUT2D eigenvalue weighted by molar-refractivity contribution is 6.33. The van der Waals surface area contributed by atoms with Crippen molar-refractivity contribution in [1.82, 2.24) is 9.78 Å². The van der Waals surface area contributed by atoms with Crippen molar-refractivity contribution < 1.29 is 0 Å². The molecule has 1 aromatic heterocycles. The van der Waals surface area contributed by atoms with Crippen molar-refractivity contribution in [3.05, 3.63) is 34.6 Å². The van der Waals surface area contributed by atoms with Crippen LogP contribution in [0.1, 0.15) is 24.7 Å². The molecule has 0 spiro atoms. The van der Waals surface area contributed by atoms with Crippen LogP contribution in [0.4, 0.5) is 5.69 Å². The van der Waals surface area contributed by atoms with Gasteiger partial charge in [-0.3, -0.25) is 4.68 Å². The van der Waals surface area contributed by atoms with Gasteiger partial charge in [0, 0.05) is 17.8 Å². The van der Waals surface area contributed by atoms with E-state index in [2.05, 4.69) is 23.6 Å². The topological polar surface area (TPSA) is 43.8 Å². The Morgan fingerprint density at radius 1 is 1.33 bits per heavy atom. The van der Waals surface area contributed by atoms with Crippen LogP contribution >= 0.6 is 11.6 Å². The average Bonchev–Trinajstić information content (AvgIpc) is 2.59. The minimum Gasteiger partial charge on any atom is -0.398 e. The molecule has 0 aliphatic heterocycles. The van der Waals surface area contributed by atoms with Gasteiger partial charge < -0.3 is 5.73 Å². The summed E-state index contributed by atoms with van der Waals surface area (Å²) in [5.41, 5.74) is 10.9. The van der Waals surface area contributed by atoms with E-state index in [-0.39, 0.29) is 0 Å². The van der Waals surface area contributed by atoms with Crippen LogP contribution in [0.3, 0.4) is 0 Å². The Hall–Kier alpha value is -1.48. The molecule has 2 aromatic rings. The maximum Gasteiger partial charge on any atom is 0.0674 e. The minimum atomic E-state index is 0.593. The molecule has 0 saturated heterocycles. The number of hydrogen-bond acceptors (Lipinski definition) is 2. The summed E-state index contributed by atoms with van der Waals surface area (Å²) in [5.74, 6) is 0. The summed E-state index contributed by atoms with van der Waals surface area (Å²) in [5, 5.41) is 5.16. The second-order valence-corrected chi connectivity index (χ2v) is 4.91. The average molecular weight is 264 g/mol. The van der Waals surface area contributed by atoms with Crippen LogP contribution in [0.5, 0.6) is 0 Å². The first-order valence-electron chi connectivity index (χ1n) is 6.14. The smallest absolute Gasteiger partial charge is 0.0674 e. The van der Waals surface area contributed by atoms with E-state index in [1.165, 1.54) is 5.69 Å². The van der Waals surface area contributed by atoms with Crippen LogP contribution in [0.25, 0.3) is 11.1 Å². The molecule has 4 heteroatoms. The van der Waals surface area contributed by atoms with Gasteiger partial charge in [-0.1, -0.05) is 24.6 Å². The molecule has 0 aliphatic rings. The van der Waals surface area contributed by atoms with Crippen LogP contribution in [0.15, 0.2) is 18.2 Å². The van der Waals surface area contributed by atoms with E-state index in [1.54, 1.807) is 0 Å². The predicted octanol–water partition coefficient (Wildman–Crippen LogP) is 3.81. The van der Waals surface area contributed by atoms with Crippen molar-refractivity contribution in [2.45, 2.75) is 33.7 Å². The van der Waals surface area contributed by atoms with Crippen molar-refractivity contribution >= 4 is 17.3 Å². The van der Waals surface area contributed by atoms with Gasteiger partial charge in [-0.05, 0) is 38.0 Å². The summed E-state index contributed by atoms with van der Waals surface area (Å²) in [7, 11) is 0. The van der Waals surface area contributed by atoms with Crippen molar-refractivity contribution in [1.29, 1.82) is 0 Å². The predicted molar refractivity (Wildman–Crippen MR) is 76.9 cm³/mol. The molecule has 96 valence electrons. The SMILES string of the molecule is CCCn1nc(C)c(-c2ccc(Cl)c(N)c2)c1C. The molecule has 1 aromatic carbocycles. The third kappa shape index (κ3) is 2.23. The Labute approximate surface area is 113 Å². The number of anilines is 1. The second-order valence-electron chi connectivity index (χ2n) is 4.51. The van der Waals surface area contributed by atoms with Crippen molar-refractivity contribution in [3.8, 4) is 11.1 Å². The Balaban J connectivity index is 2.53. The molecule has 0 bridgehead atoms. The molecular weight excluding hydrogens is 246 g/mol. The van der Waals surface area contributed by atoms with Crippen LogP contribution in [0, 0.1) is 13.8 Å². The number of nitrogens with two attached hydrogens (primary N) is 1. The number of aryl methyl sites for hydroxylation is 2. The third-order valence-corrected chi connectivity index (χ3v) is 3.45. The van der Waals surface area contributed by atoms with Gasteiger partial charge in [-0.15, -0.1) is 0 Å². The van der Waals surface area contributed by atoms with Crippen molar-refractivity contribution in [2.75, 3.05) is 5.73 Å². The maximum absolute atomic E-state index is 5.96. The summed E-state index contributed by atoms with van der Waals surface area (Å²) in [6, 6.07) is 5.74. The standard InChI is InChI=1S/C14H18ClN3/c1-4-7-18-10(3)14(9(2)17-18)11-5-6-12(15)13(16)8-11/h5-6,8H,4,7,16H2,1-3H3. The molecule has 18 heavy (non-hydrogen) atoms. The zero-order valence-electron chi connectivity index (χ0n) is 11.0. The highest BCUT2D eigenvalue weighted by Gasteiger charge is 2.13. The Morgan fingerprint density at radius 3 is 2.67 bits per heavy atom. The van der Waals surface area contributed by atoms with Gasteiger partial charge in [0.1, 0.15) is 0 Å². The lowest BCUT2D eigenvalue weighted by Crippen LogP contribution is -2.01. The van der Waals surface area contributed by atoms with Gasteiger partial charge in [0.15, 0.2) is 0 Å². The monoisotopic (exact) mass is 263 g/mol. The Morgan fingerprint density at radius 2 is 2.06 bits per heavy atom. The number of hydrogen-bond donors (Lipinski definition) is 1. The van der Waals surface area contributed by atoms with Gasteiger partial charge >= 0.3 is 0 Å². The molecule has 3 nitrogen and oxygen atoms in total. The zero-order chi connectivity index (χ0) is 13.3. The van der Waals surface area contributed by atoms with Crippen LogP contribution in [-0.4, -0.2) is 9.78 Å². The van der Waals surface area contributed by atoms with Crippen molar-refractivity contribution in [2.24, 2.45) is 0 Å². The van der Waals surface area contributed by atoms with Gasteiger partial charge in [0.05, 0.1) is 16.4 Å². The van der Waals surface area contributed by atoms with E-state index in [0.29, 0.717) is 10.7 Å². The van der Waals surface area contributed by atoms with Crippen LogP contribution < -0.4 is 5.73 Å². The first-order valence-corrected chi connectivity index (χ1v) is 6.51. The van der Waals surface area contributed by atoms with E-state index < -0.39 is 0 Å². The maximum atomic E-state index is 5.96. The number of nitrogen functional groups attached to an aromatic ring is 1. The van der Waals surface area contributed by atoms with E-state index in [0.717, 1.165) is 29.8 Å². The summed E-state index contributed by atoms with van der Waals surface area (Å²) in [6.07, 6.45) is 1.07. The molecule has 0 radical (unpaired) electrons. The van der Waals surface area contributed by atoms with Crippen LogP contribution in [0.2, 0.25) is 5.02 Å². The normalized spacial score (nSPS) is 10.9. The lowest BCUT2D eigenvalue weighted by atomic mass is 10.0. The third-order valence-electron chi connectivity index (χ3n) is 3.10. The molecule has 1 heterocycles. The molecule has 0 atom stereocenters. The highest BCUT2D eigenvalue weighted by atomic mass is 35.5. The zero-order valence-corrected chi connectivity index (χ0v) is 11.8. The quantitative estimate of drug-likeness (QED) is 0.856. The molecular formula is C14H18ClN3. The Bertz CT molecular complexity index is 573. The number of halogens is 1. The summed E-state index contributed by atoms with van der Waals surface area (Å²) >= 11 is 5.96. The Kier molecular flexibility index (Phi) is 3.62. The number of rotatable bonds is 3. The van der Waals surface area contributed by atoms with E-state index in [1.807, 2.05) is 25.1 Å². The minimum absolute atomic E-state index is 0.593. The first kappa shape index (κ1) is 13.0. The highest BCUT2D eigenvalue weighted by Crippen LogP contribution is 2.31. The summed E-state index contributed by atoms with van der Waals surface area (Å²) in [6.45, 7) is 7.21. The molecule has 0 aliphatic carbocycles. The summed E-state index contributed by atoms with van der Waals surface area (Å²) < 4.78 is 2.05. The van der Waals surface area contributed by atoms with E-state index in [9.17, 15) is 0 Å². The second kappa shape index (κ2) is 5.02. The first-order chi connectivity index (χ1) is 8.54.